The number of anilines is 1. The second-order valence-corrected chi connectivity index (χ2v) is 3.99. The highest BCUT2D eigenvalue weighted by Crippen LogP contribution is 2.29. The first-order valence-electron chi connectivity index (χ1n) is 4.88. The lowest BCUT2D eigenvalue weighted by Crippen LogP contribution is -2.44. The molecule has 7 heteroatoms. The van der Waals surface area contributed by atoms with Gasteiger partial charge in [-0.05, 0) is 12.1 Å². The van der Waals surface area contributed by atoms with Gasteiger partial charge in [-0.1, -0.05) is 17.7 Å². The maximum Gasteiger partial charge on any atom is 0.322 e. The van der Waals surface area contributed by atoms with E-state index in [0.29, 0.717) is 10.7 Å². The molecule has 0 atom stereocenters. The minimum atomic E-state index is -0.657. The average molecular weight is 256 g/mol. The Hall–Kier alpha value is -1.79. The van der Waals surface area contributed by atoms with Gasteiger partial charge in [0.05, 0.1) is 6.54 Å². The van der Waals surface area contributed by atoms with Gasteiger partial charge in [-0.15, -0.1) is 0 Å². The SMILES string of the molecule is O=C(CN1Cc2c(Cl)cccc2NC1=O)NO. The topological polar surface area (TPSA) is 81.7 Å². The molecule has 0 bridgehead atoms. The number of hydrogen-bond donors (Lipinski definition) is 3. The molecule has 1 heterocycles. The van der Waals surface area contributed by atoms with Crippen molar-refractivity contribution >= 4 is 29.2 Å². The molecule has 0 saturated heterocycles. The summed E-state index contributed by atoms with van der Waals surface area (Å²) in [6, 6.07) is 4.78. The maximum absolute atomic E-state index is 11.6. The number of amides is 3. The first-order chi connectivity index (χ1) is 8.11. The number of halogens is 1. The number of urea groups is 1. The Balaban J connectivity index is 2.23. The molecule has 0 saturated carbocycles. The fourth-order valence-electron chi connectivity index (χ4n) is 1.63. The van der Waals surface area contributed by atoms with E-state index in [1.165, 1.54) is 10.4 Å². The first kappa shape index (κ1) is 11.7. The zero-order valence-corrected chi connectivity index (χ0v) is 9.49. The summed E-state index contributed by atoms with van der Waals surface area (Å²) in [7, 11) is 0. The fourth-order valence-corrected chi connectivity index (χ4v) is 1.86. The number of nitrogens with zero attached hydrogens (tertiary/aromatic N) is 1. The number of carbonyl (C=O) groups is 2. The third-order valence-electron chi connectivity index (χ3n) is 2.46. The van der Waals surface area contributed by atoms with Crippen LogP contribution in [0.4, 0.5) is 10.5 Å². The molecule has 1 aromatic carbocycles. The van der Waals surface area contributed by atoms with E-state index in [0.717, 1.165) is 5.56 Å². The molecule has 0 aliphatic carbocycles. The van der Waals surface area contributed by atoms with E-state index in [4.69, 9.17) is 16.8 Å². The number of carbonyl (C=O) groups excluding carboxylic acids is 2. The van der Waals surface area contributed by atoms with Gasteiger partial charge >= 0.3 is 6.03 Å². The average Bonchev–Trinajstić information content (AvgIpc) is 2.31. The van der Waals surface area contributed by atoms with Gasteiger partial charge < -0.3 is 10.2 Å². The molecule has 0 fully saturated rings. The van der Waals surface area contributed by atoms with Gasteiger partial charge in [0.1, 0.15) is 6.54 Å². The van der Waals surface area contributed by atoms with Crippen molar-refractivity contribution in [1.29, 1.82) is 0 Å². The van der Waals surface area contributed by atoms with E-state index in [2.05, 4.69) is 5.32 Å². The number of hydrogen-bond acceptors (Lipinski definition) is 3. The van der Waals surface area contributed by atoms with Gasteiger partial charge in [0.15, 0.2) is 0 Å². The number of benzene rings is 1. The molecule has 1 aliphatic rings. The van der Waals surface area contributed by atoms with Crippen LogP contribution < -0.4 is 10.8 Å². The minimum Gasteiger partial charge on any atom is -0.311 e. The van der Waals surface area contributed by atoms with E-state index in [1.54, 1.807) is 18.2 Å². The molecule has 3 N–H and O–H groups in total. The van der Waals surface area contributed by atoms with Crippen molar-refractivity contribution in [2.24, 2.45) is 0 Å². The zero-order chi connectivity index (χ0) is 12.4. The molecule has 3 amide bonds. The van der Waals surface area contributed by atoms with Crippen LogP contribution in [0.2, 0.25) is 5.02 Å². The highest BCUT2D eigenvalue weighted by Gasteiger charge is 2.25. The summed E-state index contributed by atoms with van der Waals surface area (Å²) >= 11 is 6.00. The standard InChI is InChI=1S/C10H10ClN3O3/c11-7-2-1-3-8-6(7)4-14(10(16)12-8)5-9(15)13-17/h1-3,17H,4-5H2,(H,12,16)(H,13,15). The molecule has 6 nitrogen and oxygen atoms in total. The summed E-state index contributed by atoms with van der Waals surface area (Å²) in [5, 5.41) is 11.6. The second kappa shape index (κ2) is 4.60. The Morgan fingerprint density at radius 1 is 1.59 bits per heavy atom. The molecule has 17 heavy (non-hydrogen) atoms. The lowest BCUT2D eigenvalue weighted by molar-refractivity contribution is -0.129. The third kappa shape index (κ3) is 2.32. The van der Waals surface area contributed by atoms with Crippen LogP contribution in [0.5, 0.6) is 0 Å². The zero-order valence-electron chi connectivity index (χ0n) is 8.74. The molecule has 0 spiro atoms. The van der Waals surface area contributed by atoms with Crippen LogP contribution in [0, 0.1) is 0 Å². The van der Waals surface area contributed by atoms with E-state index in [1.807, 2.05) is 0 Å². The molecule has 0 unspecified atom stereocenters. The first-order valence-corrected chi connectivity index (χ1v) is 5.26. The van der Waals surface area contributed by atoms with Crippen molar-refractivity contribution in [3.63, 3.8) is 0 Å². The third-order valence-corrected chi connectivity index (χ3v) is 2.81. The van der Waals surface area contributed by atoms with Crippen molar-refractivity contribution in [2.45, 2.75) is 6.54 Å². The van der Waals surface area contributed by atoms with Crippen molar-refractivity contribution in [1.82, 2.24) is 10.4 Å². The van der Waals surface area contributed by atoms with Crippen LogP contribution in [0.15, 0.2) is 18.2 Å². The Labute approximate surface area is 102 Å². The smallest absolute Gasteiger partial charge is 0.311 e. The van der Waals surface area contributed by atoms with Crippen molar-refractivity contribution < 1.29 is 14.8 Å². The van der Waals surface area contributed by atoms with Crippen molar-refractivity contribution in [3.8, 4) is 0 Å². The second-order valence-electron chi connectivity index (χ2n) is 3.59. The highest BCUT2D eigenvalue weighted by atomic mass is 35.5. The summed E-state index contributed by atoms with van der Waals surface area (Å²) < 4.78 is 0. The Kier molecular flexibility index (Phi) is 3.16. The Morgan fingerprint density at radius 3 is 3.06 bits per heavy atom. The van der Waals surface area contributed by atoms with Crippen LogP contribution >= 0.6 is 11.6 Å². The number of fused-ring (bicyclic) bond motifs is 1. The number of nitrogens with one attached hydrogen (secondary N) is 2. The van der Waals surface area contributed by atoms with Crippen LogP contribution in [0.25, 0.3) is 0 Å². The van der Waals surface area contributed by atoms with E-state index in [9.17, 15) is 9.59 Å². The van der Waals surface area contributed by atoms with E-state index < -0.39 is 11.9 Å². The molecular weight excluding hydrogens is 246 g/mol. The van der Waals surface area contributed by atoms with Gasteiger partial charge in [0, 0.05) is 16.3 Å². The molecule has 0 radical (unpaired) electrons. The summed E-state index contributed by atoms with van der Waals surface area (Å²) in [6.45, 7) is 0.00125. The normalized spacial score (nSPS) is 14.0. The Bertz CT molecular complexity index is 478. The van der Waals surface area contributed by atoms with Gasteiger partial charge in [0.2, 0.25) is 0 Å². The van der Waals surface area contributed by atoms with Crippen molar-refractivity contribution in [3.05, 3.63) is 28.8 Å². The predicted octanol–water partition coefficient (Wildman–Crippen LogP) is 1.19. The lowest BCUT2D eigenvalue weighted by Gasteiger charge is -2.29. The van der Waals surface area contributed by atoms with Gasteiger partial charge in [0.25, 0.3) is 5.91 Å². The largest absolute Gasteiger partial charge is 0.322 e. The van der Waals surface area contributed by atoms with Crippen LogP contribution in [0.3, 0.4) is 0 Å². The number of hydroxylamine groups is 1. The number of rotatable bonds is 2. The predicted molar refractivity (Wildman–Crippen MR) is 60.8 cm³/mol. The maximum atomic E-state index is 11.6. The summed E-state index contributed by atoms with van der Waals surface area (Å²) in [4.78, 5) is 23.9. The summed E-state index contributed by atoms with van der Waals surface area (Å²) in [5.74, 6) is -0.657. The quantitative estimate of drug-likeness (QED) is 0.548. The summed E-state index contributed by atoms with van der Waals surface area (Å²) in [6.07, 6.45) is 0. The van der Waals surface area contributed by atoms with Gasteiger partial charge in [-0.3, -0.25) is 10.0 Å². The highest BCUT2D eigenvalue weighted by molar-refractivity contribution is 6.32. The monoisotopic (exact) mass is 255 g/mol. The molecule has 0 aromatic heterocycles. The van der Waals surface area contributed by atoms with Crippen LogP contribution in [-0.2, 0) is 11.3 Å². The molecule has 1 aliphatic heterocycles. The molecular formula is C10H10ClN3O3. The fraction of sp³-hybridized carbons (Fsp3) is 0.200. The van der Waals surface area contributed by atoms with Crippen molar-refractivity contribution in [2.75, 3.05) is 11.9 Å². The molecule has 1 aromatic rings. The molecule has 2 rings (SSSR count). The van der Waals surface area contributed by atoms with E-state index >= 15 is 0 Å². The lowest BCUT2D eigenvalue weighted by atomic mass is 10.1. The van der Waals surface area contributed by atoms with Crippen LogP contribution in [0.1, 0.15) is 5.56 Å². The summed E-state index contributed by atoms with van der Waals surface area (Å²) in [5.41, 5.74) is 2.87. The van der Waals surface area contributed by atoms with E-state index in [-0.39, 0.29) is 13.1 Å². The molecule has 90 valence electrons. The van der Waals surface area contributed by atoms with Gasteiger partial charge in [-0.2, -0.15) is 0 Å². The van der Waals surface area contributed by atoms with Crippen LogP contribution in [-0.4, -0.2) is 28.6 Å². The minimum absolute atomic E-state index is 0.229. The Morgan fingerprint density at radius 2 is 2.35 bits per heavy atom. The van der Waals surface area contributed by atoms with Gasteiger partial charge in [-0.25, -0.2) is 10.3 Å².